The minimum absolute atomic E-state index is 0.217. The molecule has 0 saturated carbocycles. The summed E-state index contributed by atoms with van der Waals surface area (Å²) in [6.07, 6.45) is 2.74. The fourth-order valence-electron chi connectivity index (χ4n) is 3.78. The molecular weight excluding hydrogens is 312 g/mol. The van der Waals surface area contributed by atoms with Crippen molar-refractivity contribution in [1.82, 2.24) is 0 Å². The van der Waals surface area contributed by atoms with Crippen LogP contribution in [0.25, 0.3) is 5.57 Å². The number of hydrogen-bond acceptors (Lipinski definition) is 3. The second-order valence-corrected chi connectivity index (χ2v) is 7.09. The summed E-state index contributed by atoms with van der Waals surface area (Å²) in [7, 11) is 1.66. The largest absolute Gasteiger partial charge is 0.497 e. The average molecular weight is 338 g/mol. The molecule has 2 aromatic carbocycles. The molecular formula is C22H26O3. The molecule has 0 aromatic heterocycles. The maximum atomic E-state index is 10.2. The van der Waals surface area contributed by atoms with Gasteiger partial charge in [-0.15, -0.1) is 0 Å². The highest BCUT2D eigenvalue weighted by molar-refractivity contribution is 5.69. The van der Waals surface area contributed by atoms with Crippen molar-refractivity contribution >= 4 is 5.57 Å². The van der Waals surface area contributed by atoms with Crippen molar-refractivity contribution in [1.29, 1.82) is 0 Å². The highest BCUT2D eigenvalue weighted by atomic mass is 16.5. The van der Waals surface area contributed by atoms with E-state index in [9.17, 15) is 10.2 Å². The first-order valence-corrected chi connectivity index (χ1v) is 8.76. The predicted molar refractivity (Wildman–Crippen MR) is 100 cm³/mol. The first-order chi connectivity index (χ1) is 11.9. The monoisotopic (exact) mass is 338 g/mol. The van der Waals surface area contributed by atoms with Gasteiger partial charge in [-0.25, -0.2) is 0 Å². The highest BCUT2D eigenvalue weighted by Gasteiger charge is 2.38. The summed E-state index contributed by atoms with van der Waals surface area (Å²) in [4.78, 5) is 0. The fraction of sp³-hybridized carbons (Fsp3) is 0.364. The van der Waals surface area contributed by atoms with Gasteiger partial charge in [-0.05, 0) is 54.0 Å². The van der Waals surface area contributed by atoms with Crippen molar-refractivity contribution in [2.45, 2.75) is 32.0 Å². The van der Waals surface area contributed by atoms with Crippen molar-refractivity contribution in [3.05, 3.63) is 71.8 Å². The predicted octanol–water partition coefficient (Wildman–Crippen LogP) is 4.22. The minimum Gasteiger partial charge on any atom is -0.497 e. The summed E-state index contributed by atoms with van der Waals surface area (Å²) in [6, 6.07) is 18.3. The molecule has 1 aliphatic carbocycles. The van der Waals surface area contributed by atoms with Gasteiger partial charge in [-0.3, -0.25) is 0 Å². The average Bonchev–Trinajstić information content (AvgIpc) is 2.62. The van der Waals surface area contributed by atoms with Gasteiger partial charge in [-0.1, -0.05) is 55.5 Å². The third-order valence-electron chi connectivity index (χ3n) is 5.34. The molecule has 0 spiro atoms. The Morgan fingerprint density at radius 2 is 1.64 bits per heavy atom. The lowest BCUT2D eigenvalue weighted by Gasteiger charge is -2.38. The molecule has 3 atom stereocenters. The molecule has 3 heteroatoms. The van der Waals surface area contributed by atoms with Crippen molar-refractivity contribution < 1.29 is 14.9 Å². The molecule has 0 bridgehead atoms. The smallest absolute Gasteiger partial charge is 0.166 e. The van der Waals surface area contributed by atoms with Gasteiger partial charge < -0.3 is 14.9 Å². The Balaban J connectivity index is 2.01. The fourth-order valence-corrected chi connectivity index (χ4v) is 3.78. The normalized spacial score (nSPS) is 23.9. The first-order valence-electron chi connectivity index (χ1n) is 8.76. The van der Waals surface area contributed by atoms with Crippen LogP contribution in [0.3, 0.4) is 0 Å². The summed E-state index contributed by atoms with van der Waals surface area (Å²) in [5, 5.41) is 20.5. The van der Waals surface area contributed by atoms with Crippen LogP contribution in [0.2, 0.25) is 0 Å². The molecule has 3 unspecified atom stereocenters. The number of hydrogen-bond donors (Lipinski definition) is 2. The van der Waals surface area contributed by atoms with E-state index in [0.29, 0.717) is 6.42 Å². The molecule has 2 aromatic rings. The molecule has 0 heterocycles. The van der Waals surface area contributed by atoms with E-state index in [4.69, 9.17) is 4.74 Å². The molecule has 0 saturated heterocycles. The van der Waals surface area contributed by atoms with Crippen molar-refractivity contribution in [2.24, 2.45) is 11.8 Å². The molecule has 3 rings (SSSR count). The molecule has 3 nitrogen and oxygen atoms in total. The Morgan fingerprint density at radius 1 is 1.00 bits per heavy atom. The number of ether oxygens (including phenoxy) is 1. The topological polar surface area (TPSA) is 49.7 Å². The zero-order chi connectivity index (χ0) is 18.0. The minimum atomic E-state index is -1.73. The number of allylic oxidation sites excluding steroid dienone is 1. The molecule has 2 N–H and O–H groups in total. The lowest BCUT2D eigenvalue weighted by atomic mass is 9.69. The zero-order valence-corrected chi connectivity index (χ0v) is 15.0. The maximum absolute atomic E-state index is 10.2. The van der Waals surface area contributed by atoms with Gasteiger partial charge in [-0.2, -0.15) is 0 Å². The SMILES string of the molecule is COc1ccc(C2CC(C(C)(O)O)C=C(c3ccccc3)C2C)cc1. The van der Waals surface area contributed by atoms with E-state index in [0.717, 1.165) is 11.3 Å². The van der Waals surface area contributed by atoms with Gasteiger partial charge in [0.2, 0.25) is 0 Å². The van der Waals surface area contributed by atoms with E-state index in [1.54, 1.807) is 7.11 Å². The molecule has 0 amide bonds. The second-order valence-electron chi connectivity index (χ2n) is 7.09. The van der Waals surface area contributed by atoms with Crippen LogP contribution in [0.15, 0.2) is 60.7 Å². The van der Waals surface area contributed by atoms with E-state index in [2.05, 4.69) is 31.2 Å². The van der Waals surface area contributed by atoms with Crippen LogP contribution in [0.4, 0.5) is 0 Å². The van der Waals surface area contributed by atoms with Crippen molar-refractivity contribution in [2.75, 3.05) is 7.11 Å². The van der Waals surface area contributed by atoms with E-state index in [1.807, 2.05) is 36.4 Å². The molecule has 0 aliphatic heterocycles. The number of benzene rings is 2. The Morgan fingerprint density at radius 3 is 2.20 bits per heavy atom. The standard InChI is InChI=1S/C22H26O3/c1-15-20(16-7-5-4-6-8-16)13-18(22(2,23)24)14-21(15)17-9-11-19(25-3)12-10-17/h4-13,15,18,21,23-24H,14H2,1-3H3. The van der Waals surface area contributed by atoms with Gasteiger partial charge >= 0.3 is 0 Å². The van der Waals surface area contributed by atoms with Crippen LogP contribution in [0, 0.1) is 11.8 Å². The van der Waals surface area contributed by atoms with Gasteiger partial charge in [0.05, 0.1) is 7.11 Å². The molecule has 1 aliphatic rings. The van der Waals surface area contributed by atoms with Crippen LogP contribution in [0.1, 0.15) is 37.3 Å². The Bertz CT molecular complexity index is 726. The highest BCUT2D eigenvalue weighted by Crippen LogP contribution is 2.46. The summed E-state index contributed by atoms with van der Waals surface area (Å²) in [6.45, 7) is 3.69. The Kier molecular flexibility index (Phi) is 4.98. The first kappa shape index (κ1) is 17.7. The van der Waals surface area contributed by atoms with Gasteiger partial charge in [0.1, 0.15) is 5.75 Å². The third-order valence-corrected chi connectivity index (χ3v) is 5.34. The van der Waals surface area contributed by atoms with Crippen LogP contribution < -0.4 is 4.74 Å². The summed E-state index contributed by atoms with van der Waals surface area (Å²) < 4.78 is 5.26. The van der Waals surface area contributed by atoms with Crippen molar-refractivity contribution in [3.8, 4) is 5.75 Å². The molecule has 0 fully saturated rings. The summed E-state index contributed by atoms with van der Waals surface area (Å²) in [5.74, 6) is -0.711. The second kappa shape index (κ2) is 7.03. The van der Waals surface area contributed by atoms with Crippen LogP contribution in [0.5, 0.6) is 5.75 Å². The molecule has 25 heavy (non-hydrogen) atoms. The summed E-state index contributed by atoms with van der Waals surface area (Å²) in [5.41, 5.74) is 3.51. The number of aliphatic hydroxyl groups is 2. The zero-order valence-electron chi connectivity index (χ0n) is 15.0. The molecule has 0 radical (unpaired) electrons. The van der Waals surface area contributed by atoms with Crippen LogP contribution in [-0.2, 0) is 0 Å². The van der Waals surface area contributed by atoms with Gasteiger partial charge in [0.15, 0.2) is 5.79 Å². The quantitative estimate of drug-likeness (QED) is 0.821. The lowest BCUT2D eigenvalue weighted by Crippen LogP contribution is -2.37. The summed E-state index contributed by atoms with van der Waals surface area (Å²) >= 11 is 0. The Hall–Kier alpha value is -2.10. The van der Waals surface area contributed by atoms with Crippen LogP contribution >= 0.6 is 0 Å². The number of methoxy groups -OCH3 is 1. The van der Waals surface area contributed by atoms with E-state index < -0.39 is 5.79 Å². The van der Waals surface area contributed by atoms with Crippen molar-refractivity contribution in [3.63, 3.8) is 0 Å². The Labute approximate surface area is 149 Å². The van der Waals surface area contributed by atoms with Crippen LogP contribution in [-0.4, -0.2) is 23.1 Å². The van der Waals surface area contributed by atoms with Gasteiger partial charge in [0.25, 0.3) is 0 Å². The van der Waals surface area contributed by atoms with E-state index >= 15 is 0 Å². The third kappa shape index (κ3) is 3.78. The lowest BCUT2D eigenvalue weighted by molar-refractivity contribution is -0.176. The van der Waals surface area contributed by atoms with Gasteiger partial charge in [0, 0.05) is 5.92 Å². The van der Waals surface area contributed by atoms with E-state index in [-0.39, 0.29) is 17.8 Å². The number of rotatable bonds is 4. The van der Waals surface area contributed by atoms with E-state index in [1.165, 1.54) is 18.1 Å². The molecule has 132 valence electrons. The maximum Gasteiger partial charge on any atom is 0.166 e.